The van der Waals surface area contributed by atoms with Crippen molar-refractivity contribution in [2.45, 2.75) is 75.0 Å². The van der Waals surface area contributed by atoms with Gasteiger partial charge in [-0.25, -0.2) is 0 Å². The van der Waals surface area contributed by atoms with Crippen LogP contribution in [-0.4, -0.2) is 111 Å². The predicted octanol–water partition coefficient (Wildman–Crippen LogP) is -0.159. The smallest absolute Gasteiger partial charge is 0.247 e. The van der Waals surface area contributed by atoms with E-state index < -0.39 is 67.1 Å². The van der Waals surface area contributed by atoms with Crippen molar-refractivity contribution in [3.63, 3.8) is 0 Å². The highest BCUT2D eigenvalue weighted by Crippen LogP contribution is 2.34. The Morgan fingerprint density at radius 3 is 2.35 bits per heavy atom. The summed E-state index contributed by atoms with van der Waals surface area (Å²) in [6, 6.07) is 11.6. The van der Waals surface area contributed by atoms with Gasteiger partial charge in [0.15, 0.2) is 11.5 Å². The minimum absolute atomic E-state index is 0.0438. The van der Waals surface area contributed by atoms with Gasteiger partial charge < -0.3 is 59.6 Å². The third-order valence-electron chi connectivity index (χ3n) is 8.18. The summed E-state index contributed by atoms with van der Waals surface area (Å²) in [4.78, 5) is 12.9. The first-order valence-corrected chi connectivity index (χ1v) is 14.6. The van der Waals surface area contributed by atoms with Crippen LogP contribution in [0.5, 0.6) is 17.2 Å². The van der Waals surface area contributed by atoms with Gasteiger partial charge in [0.25, 0.3) is 0 Å². The SMILES string of the molecule is CC(=Cc1ccc(O[C@@H]2O[C@H](C(C)=CCOc3ccc(C#N)cc3)[C@@H](O)[C@@H]2O)c(O)c1)C(=O)N[C@@H]1[C@H](O)[C@@H](O)[C@H]2OCO[C@H]2[C@@H]1O. The van der Waals surface area contributed by atoms with Gasteiger partial charge in [-0.3, -0.25) is 4.79 Å². The number of hydrogen-bond acceptors (Lipinski definition) is 13. The molecule has 2 saturated heterocycles. The lowest BCUT2D eigenvalue weighted by Crippen LogP contribution is -2.67. The number of hydrogen-bond donors (Lipinski definition) is 7. The summed E-state index contributed by atoms with van der Waals surface area (Å²) in [6.45, 7) is 3.18. The zero-order chi connectivity index (χ0) is 33.1. The maximum Gasteiger partial charge on any atom is 0.247 e. The molecule has 1 saturated carbocycles. The molecule has 2 aliphatic heterocycles. The molecule has 0 aromatic heterocycles. The summed E-state index contributed by atoms with van der Waals surface area (Å²) in [6.07, 6.45) is -7.85. The monoisotopic (exact) mass is 640 g/mol. The van der Waals surface area contributed by atoms with E-state index in [4.69, 9.17) is 28.9 Å². The minimum atomic E-state index is -1.50. The number of nitrogens with zero attached hydrogens (tertiary/aromatic N) is 1. The van der Waals surface area contributed by atoms with E-state index in [1.165, 1.54) is 31.2 Å². The number of nitrogens with one attached hydrogen (secondary N) is 1. The molecular formula is C32H36N2O12. The Morgan fingerprint density at radius 1 is 0.978 bits per heavy atom. The maximum absolute atomic E-state index is 12.9. The van der Waals surface area contributed by atoms with Gasteiger partial charge in [0.2, 0.25) is 12.2 Å². The van der Waals surface area contributed by atoms with Gasteiger partial charge in [0.1, 0.15) is 68.0 Å². The number of aliphatic hydroxyl groups is 5. The molecule has 0 bridgehead atoms. The van der Waals surface area contributed by atoms with Crippen LogP contribution in [0.15, 0.2) is 59.7 Å². The highest BCUT2D eigenvalue weighted by atomic mass is 16.7. The number of benzene rings is 2. The van der Waals surface area contributed by atoms with Crippen molar-refractivity contribution in [3.8, 4) is 23.3 Å². The van der Waals surface area contributed by atoms with Gasteiger partial charge in [0.05, 0.1) is 17.7 Å². The second-order valence-corrected chi connectivity index (χ2v) is 11.3. The van der Waals surface area contributed by atoms with Crippen LogP contribution < -0.4 is 14.8 Å². The van der Waals surface area contributed by atoms with Crippen molar-refractivity contribution in [1.82, 2.24) is 5.32 Å². The molecule has 2 heterocycles. The van der Waals surface area contributed by atoms with Gasteiger partial charge in [0, 0.05) is 5.57 Å². The summed E-state index contributed by atoms with van der Waals surface area (Å²) in [5.74, 6) is -0.459. The molecule has 3 aliphatic rings. The summed E-state index contributed by atoms with van der Waals surface area (Å²) in [7, 11) is 0. The quantitative estimate of drug-likeness (QED) is 0.140. The van der Waals surface area contributed by atoms with Gasteiger partial charge in [-0.2, -0.15) is 5.26 Å². The van der Waals surface area contributed by atoms with E-state index >= 15 is 0 Å². The lowest BCUT2D eigenvalue weighted by molar-refractivity contribution is -0.155. The number of carbonyl (C=O) groups excluding carboxylic acids is 1. The van der Waals surface area contributed by atoms with E-state index in [-0.39, 0.29) is 30.5 Å². The number of rotatable bonds is 9. The van der Waals surface area contributed by atoms with E-state index in [1.54, 1.807) is 37.3 Å². The highest BCUT2D eigenvalue weighted by molar-refractivity contribution is 5.97. The Bertz CT molecular complexity index is 1510. The summed E-state index contributed by atoms with van der Waals surface area (Å²) < 4.78 is 27.6. The van der Waals surface area contributed by atoms with Crippen molar-refractivity contribution in [1.29, 1.82) is 5.26 Å². The van der Waals surface area contributed by atoms with Crippen molar-refractivity contribution in [2.75, 3.05) is 13.4 Å². The molecule has 2 aromatic carbocycles. The number of phenolic OH excluding ortho intramolecular Hbond substituents is 1. The van der Waals surface area contributed by atoms with Crippen LogP contribution >= 0.6 is 0 Å². The van der Waals surface area contributed by atoms with Crippen molar-refractivity contribution in [3.05, 3.63) is 70.8 Å². The number of amides is 1. The molecule has 10 atom stereocenters. The van der Waals surface area contributed by atoms with Crippen LogP contribution in [0.1, 0.15) is 25.0 Å². The van der Waals surface area contributed by atoms with Crippen LogP contribution in [0.25, 0.3) is 6.08 Å². The average molecular weight is 641 g/mol. The highest BCUT2D eigenvalue weighted by Gasteiger charge is 2.53. The minimum Gasteiger partial charge on any atom is -0.504 e. The van der Waals surface area contributed by atoms with Crippen molar-refractivity contribution in [2.24, 2.45) is 0 Å². The molecule has 246 valence electrons. The van der Waals surface area contributed by atoms with E-state index in [2.05, 4.69) is 5.32 Å². The molecule has 1 aliphatic carbocycles. The normalized spacial score (nSPS) is 32.8. The van der Waals surface area contributed by atoms with Gasteiger partial charge >= 0.3 is 0 Å². The molecule has 0 radical (unpaired) electrons. The molecule has 3 fully saturated rings. The number of phenols is 1. The first-order chi connectivity index (χ1) is 22.0. The topological polar surface area (TPSA) is 220 Å². The molecular weight excluding hydrogens is 604 g/mol. The molecule has 0 spiro atoms. The summed E-state index contributed by atoms with van der Waals surface area (Å²) in [5.41, 5.74) is 1.66. The molecule has 46 heavy (non-hydrogen) atoms. The Kier molecular flexibility index (Phi) is 10.3. The number of aromatic hydroxyl groups is 1. The standard InChI is InChI=1S/C32H36N2O12/c1-15(9-10-42-19-6-3-17(13-33)4-7-19)28-26(39)27(40)32(46-28)45-21-8-5-18(12-20(21)35)11-16(2)31(41)34-22-23(36)25(38)30-29(24(22)37)43-14-44-30/h3-9,11-12,22-30,32,35-40H,10,14H2,1-2H3,(H,34,41)/t22-,23+,24-,25-,26+,27+,28-,29+,30-,32-/m1/s1. The second kappa shape index (κ2) is 14.2. The number of aliphatic hydroxyl groups excluding tert-OH is 5. The fraction of sp³-hybridized carbons (Fsp3) is 0.438. The molecule has 0 unspecified atom stereocenters. The first kappa shape index (κ1) is 33.3. The van der Waals surface area contributed by atoms with E-state index in [1.807, 2.05) is 6.07 Å². The van der Waals surface area contributed by atoms with Crippen molar-refractivity contribution >= 4 is 12.0 Å². The number of fused-ring (bicyclic) bond motifs is 1. The lowest BCUT2D eigenvalue weighted by atomic mass is 9.83. The molecule has 14 nitrogen and oxygen atoms in total. The Hall–Kier alpha value is -4.04. The van der Waals surface area contributed by atoms with Crippen LogP contribution in [-0.2, 0) is 19.0 Å². The fourth-order valence-electron chi connectivity index (χ4n) is 5.52. The van der Waals surface area contributed by atoms with Crippen molar-refractivity contribution < 1.29 is 59.1 Å². The van der Waals surface area contributed by atoms with Crippen LogP contribution in [0, 0.1) is 11.3 Å². The molecule has 14 heteroatoms. The average Bonchev–Trinajstić information content (AvgIpc) is 3.65. The molecule has 7 N–H and O–H groups in total. The first-order valence-electron chi connectivity index (χ1n) is 14.6. The Labute approximate surface area is 264 Å². The van der Waals surface area contributed by atoms with Crippen LogP contribution in [0.4, 0.5) is 0 Å². The largest absolute Gasteiger partial charge is 0.504 e. The van der Waals surface area contributed by atoms with Gasteiger partial charge in [-0.1, -0.05) is 6.07 Å². The maximum atomic E-state index is 12.9. The summed E-state index contributed by atoms with van der Waals surface area (Å²) in [5, 5.41) is 74.6. The Morgan fingerprint density at radius 2 is 1.67 bits per heavy atom. The third kappa shape index (κ3) is 7.02. The number of ether oxygens (including phenoxy) is 5. The van der Waals surface area contributed by atoms with Crippen LogP contribution in [0.3, 0.4) is 0 Å². The number of nitriles is 1. The molecule has 1 amide bonds. The number of carbonyl (C=O) groups is 1. The third-order valence-corrected chi connectivity index (χ3v) is 8.18. The lowest BCUT2D eigenvalue weighted by Gasteiger charge is -2.41. The van der Waals surface area contributed by atoms with Gasteiger partial charge in [-0.05, 0) is 73.5 Å². The second-order valence-electron chi connectivity index (χ2n) is 11.3. The Balaban J connectivity index is 1.17. The van der Waals surface area contributed by atoms with E-state index in [0.717, 1.165) is 0 Å². The van der Waals surface area contributed by atoms with Crippen LogP contribution in [0.2, 0.25) is 0 Å². The summed E-state index contributed by atoms with van der Waals surface area (Å²) >= 11 is 0. The zero-order valence-electron chi connectivity index (χ0n) is 25.0. The fourth-order valence-corrected chi connectivity index (χ4v) is 5.52. The van der Waals surface area contributed by atoms with E-state index in [0.29, 0.717) is 22.4 Å². The van der Waals surface area contributed by atoms with Gasteiger partial charge in [-0.15, -0.1) is 0 Å². The van der Waals surface area contributed by atoms with E-state index in [9.17, 15) is 35.4 Å². The molecule has 2 aromatic rings. The predicted molar refractivity (Wildman–Crippen MR) is 158 cm³/mol. The molecule has 5 rings (SSSR count). The zero-order valence-corrected chi connectivity index (χ0v) is 25.0.